The molecule has 1 aliphatic heterocycles. The van der Waals surface area contributed by atoms with E-state index in [1.54, 1.807) is 0 Å². The quantitative estimate of drug-likeness (QED) is 0.818. The molecule has 1 aliphatic rings. The predicted molar refractivity (Wildman–Crippen MR) is 83.7 cm³/mol. The van der Waals surface area contributed by atoms with Crippen LogP contribution in [0.15, 0.2) is 30.3 Å². The second-order valence-corrected chi connectivity index (χ2v) is 5.74. The van der Waals surface area contributed by atoms with E-state index in [1.807, 2.05) is 35.2 Å². The third kappa shape index (κ3) is 5.86. The molecule has 116 valence electrons. The molecule has 4 heteroatoms. The fourth-order valence-electron chi connectivity index (χ4n) is 2.65. The molecule has 0 aliphatic carbocycles. The van der Waals surface area contributed by atoms with Gasteiger partial charge >= 0.3 is 0 Å². The molecule has 1 fully saturated rings. The van der Waals surface area contributed by atoms with Crippen LogP contribution < -0.4 is 5.73 Å². The summed E-state index contributed by atoms with van der Waals surface area (Å²) in [5, 5.41) is 0. The molecule has 0 aromatic heterocycles. The Kier molecular flexibility index (Phi) is 6.70. The number of rotatable bonds is 6. The van der Waals surface area contributed by atoms with Gasteiger partial charge in [0, 0.05) is 32.2 Å². The molecule has 4 nitrogen and oxygen atoms in total. The van der Waals surface area contributed by atoms with Gasteiger partial charge in [-0.15, -0.1) is 0 Å². The molecule has 1 aromatic carbocycles. The first-order valence-corrected chi connectivity index (χ1v) is 7.91. The van der Waals surface area contributed by atoms with Gasteiger partial charge in [-0.05, 0) is 24.8 Å². The summed E-state index contributed by atoms with van der Waals surface area (Å²) in [5.74, 6) is 0.218. The van der Waals surface area contributed by atoms with Crippen LogP contribution >= 0.6 is 0 Å². The normalized spacial score (nSPS) is 19.3. The van der Waals surface area contributed by atoms with Crippen LogP contribution in [0.5, 0.6) is 0 Å². The average molecular weight is 290 g/mol. The first-order valence-electron chi connectivity index (χ1n) is 7.91. The molecular formula is C17H26N2O2. The lowest BCUT2D eigenvalue weighted by molar-refractivity contribution is -0.131. The Bertz CT molecular complexity index is 422. The molecule has 0 saturated carbocycles. The first-order chi connectivity index (χ1) is 10.3. The van der Waals surface area contributed by atoms with Crippen molar-refractivity contribution < 1.29 is 9.53 Å². The topological polar surface area (TPSA) is 55.6 Å². The van der Waals surface area contributed by atoms with Gasteiger partial charge in [0.25, 0.3) is 0 Å². The van der Waals surface area contributed by atoms with E-state index in [0.717, 1.165) is 32.2 Å². The number of nitrogens with two attached hydrogens (primary N) is 1. The van der Waals surface area contributed by atoms with Gasteiger partial charge < -0.3 is 15.4 Å². The van der Waals surface area contributed by atoms with E-state index in [1.165, 1.54) is 5.56 Å². The number of hydrogen-bond acceptors (Lipinski definition) is 3. The zero-order valence-electron chi connectivity index (χ0n) is 12.7. The minimum absolute atomic E-state index is 0.144. The summed E-state index contributed by atoms with van der Waals surface area (Å²) >= 11 is 0. The predicted octanol–water partition coefficient (Wildman–Crippen LogP) is 2.32. The highest BCUT2D eigenvalue weighted by Crippen LogP contribution is 2.11. The van der Waals surface area contributed by atoms with Gasteiger partial charge in [-0.2, -0.15) is 0 Å². The van der Waals surface area contributed by atoms with Gasteiger partial charge in [-0.1, -0.05) is 36.8 Å². The Labute approximate surface area is 127 Å². The third-order valence-electron chi connectivity index (χ3n) is 3.85. The molecule has 1 heterocycles. The van der Waals surface area contributed by atoms with Crippen LogP contribution in [0.1, 0.15) is 37.7 Å². The van der Waals surface area contributed by atoms with Gasteiger partial charge in [-0.25, -0.2) is 0 Å². The number of likely N-dealkylation sites (tertiary alicyclic amines) is 1. The van der Waals surface area contributed by atoms with Crippen molar-refractivity contribution in [1.29, 1.82) is 0 Å². The maximum atomic E-state index is 12.1. The molecule has 0 bridgehead atoms. The number of benzene rings is 1. The molecule has 2 N–H and O–H groups in total. The lowest BCUT2D eigenvalue weighted by Crippen LogP contribution is -2.39. The molecule has 21 heavy (non-hydrogen) atoms. The van der Waals surface area contributed by atoms with Crippen LogP contribution in [-0.4, -0.2) is 36.5 Å². The molecule has 1 aromatic rings. The Balaban J connectivity index is 1.60. The molecule has 1 amide bonds. The van der Waals surface area contributed by atoms with Gasteiger partial charge in [0.1, 0.15) is 0 Å². The molecule has 1 unspecified atom stereocenters. The molecule has 2 rings (SSSR count). The fraction of sp³-hybridized carbons (Fsp3) is 0.588. The highest BCUT2D eigenvalue weighted by atomic mass is 16.5. The Morgan fingerprint density at radius 1 is 1.29 bits per heavy atom. The second kappa shape index (κ2) is 8.80. The summed E-state index contributed by atoms with van der Waals surface area (Å²) in [7, 11) is 0. The van der Waals surface area contributed by atoms with Crippen LogP contribution in [0.2, 0.25) is 0 Å². The highest BCUT2D eigenvalue weighted by molar-refractivity contribution is 5.76. The monoisotopic (exact) mass is 290 g/mol. The summed E-state index contributed by atoms with van der Waals surface area (Å²) in [6, 6.07) is 10.2. The minimum Gasteiger partial charge on any atom is -0.377 e. The number of ether oxygens (including phenoxy) is 1. The standard InChI is InChI=1S/C17H26N2O2/c18-16-9-4-5-11-19(13-16)17(20)10-6-12-21-14-15-7-2-1-3-8-15/h1-3,7-8,16H,4-6,9-14,18H2. The van der Waals surface area contributed by atoms with E-state index in [4.69, 9.17) is 10.5 Å². The Morgan fingerprint density at radius 2 is 2.10 bits per heavy atom. The lowest BCUT2D eigenvalue weighted by Gasteiger charge is -2.22. The number of hydrogen-bond donors (Lipinski definition) is 1. The van der Waals surface area contributed by atoms with Crippen LogP contribution in [0, 0.1) is 0 Å². The molecule has 0 spiro atoms. The largest absolute Gasteiger partial charge is 0.377 e. The summed E-state index contributed by atoms with van der Waals surface area (Å²) in [4.78, 5) is 14.1. The molecule has 1 saturated heterocycles. The number of nitrogens with zero attached hydrogens (tertiary/aromatic N) is 1. The smallest absolute Gasteiger partial charge is 0.222 e. The highest BCUT2D eigenvalue weighted by Gasteiger charge is 2.19. The van der Waals surface area contributed by atoms with Crippen LogP contribution in [0.25, 0.3) is 0 Å². The van der Waals surface area contributed by atoms with Crippen molar-refractivity contribution in [3.05, 3.63) is 35.9 Å². The maximum Gasteiger partial charge on any atom is 0.222 e. The zero-order chi connectivity index (χ0) is 14.9. The van der Waals surface area contributed by atoms with Crippen molar-refractivity contribution in [2.45, 2.75) is 44.8 Å². The number of amides is 1. The SMILES string of the molecule is NC1CCCCN(C(=O)CCCOCc2ccccc2)C1. The van der Waals surface area contributed by atoms with Crippen LogP contribution in [0.3, 0.4) is 0 Å². The van der Waals surface area contributed by atoms with E-state index >= 15 is 0 Å². The Morgan fingerprint density at radius 3 is 2.90 bits per heavy atom. The van der Waals surface area contributed by atoms with E-state index < -0.39 is 0 Å². The third-order valence-corrected chi connectivity index (χ3v) is 3.85. The number of carbonyl (C=O) groups excluding carboxylic acids is 1. The van der Waals surface area contributed by atoms with Crippen molar-refractivity contribution in [3.8, 4) is 0 Å². The lowest BCUT2D eigenvalue weighted by atomic mass is 10.2. The van der Waals surface area contributed by atoms with Crippen molar-refractivity contribution in [3.63, 3.8) is 0 Å². The van der Waals surface area contributed by atoms with Crippen molar-refractivity contribution >= 4 is 5.91 Å². The molecule has 1 atom stereocenters. The second-order valence-electron chi connectivity index (χ2n) is 5.74. The van der Waals surface area contributed by atoms with Crippen LogP contribution in [0.4, 0.5) is 0 Å². The van der Waals surface area contributed by atoms with Crippen molar-refractivity contribution in [2.75, 3.05) is 19.7 Å². The van der Waals surface area contributed by atoms with Gasteiger partial charge in [0.15, 0.2) is 0 Å². The zero-order valence-corrected chi connectivity index (χ0v) is 12.7. The Hall–Kier alpha value is -1.39. The van der Waals surface area contributed by atoms with E-state index in [-0.39, 0.29) is 11.9 Å². The van der Waals surface area contributed by atoms with Crippen LogP contribution in [-0.2, 0) is 16.1 Å². The first kappa shape index (κ1) is 16.0. The van der Waals surface area contributed by atoms with Gasteiger partial charge in [0.2, 0.25) is 5.91 Å². The average Bonchev–Trinajstić information content (AvgIpc) is 2.72. The van der Waals surface area contributed by atoms with Gasteiger partial charge in [0.05, 0.1) is 6.61 Å². The summed E-state index contributed by atoms with van der Waals surface area (Å²) < 4.78 is 5.61. The molecular weight excluding hydrogens is 264 g/mol. The van der Waals surface area contributed by atoms with E-state index in [2.05, 4.69) is 0 Å². The van der Waals surface area contributed by atoms with E-state index in [0.29, 0.717) is 26.2 Å². The van der Waals surface area contributed by atoms with Crippen molar-refractivity contribution in [2.24, 2.45) is 5.73 Å². The van der Waals surface area contributed by atoms with E-state index in [9.17, 15) is 4.79 Å². The summed E-state index contributed by atoms with van der Waals surface area (Å²) in [5.41, 5.74) is 7.15. The molecule has 0 radical (unpaired) electrons. The minimum atomic E-state index is 0.144. The fourth-order valence-corrected chi connectivity index (χ4v) is 2.65. The maximum absolute atomic E-state index is 12.1. The van der Waals surface area contributed by atoms with Gasteiger partial charge in [-0.3, -0.25) is 4.79 Å². The number of carbonyl (C=O) groups is 1. The summed E-state index contributed by atoms with van der Waals surface area (Å²) in [6.45, 7) is 2.81. The van der Waals surface area contributed by atoms with Crippen molar-refractivity contribution in [1.82, 2.24) is 4.90 Å². The summed E-state index contributed by atoms with van der Waals surface area (Å²) in [6.07, 6.45) is 4.57.